The number of thioether (sulfide) groups is 1. The minimum absolute atomic E-state index is 0.0999. The first-order valence-corrected chi connectivity index (χ1v) is 10.3. The summed E-state index contributed by atoms with van der Waals surface area (Å²) in [5.41, 5.74) is 0.287. The summed E-state index contributed by atoms with van der Waals surface area (Å²) >= 11 is 7.48. The van der Waals surface area contributed by atoms with Gasteiger partial charge in [0.05, 0.1) is 34.6 Å². The Bertz CT molecular complexity index is 703. The summed E-state index contributed by atoms with van der Waals surface area (Å²) in [7, 11) is -3.63. The van der Waals surface area contributed by atoms with Gasteiger partial charge in [0, 0.05) is 18.8 Å². The van der Waals surface area contributed by atoms with Crippen molar-refractivity contribution < 1.29 is 17.9 Å². The molecule has 2 rings (SSSR count). The average Bonchev–Trinajstić information content (AvgIpc) is 2.58. The molecule has 1 heterocycles. The molecule has 1 saturated heterocycles. The minimum atomic E-state index is -3.63. The predicted molar refractivity (Wildman–Crippen MR) is 97.2 cm³/mol. The fourth-order valence-electron chi connectivity index (χ4n) is 2.12. The molecule has 1 aliphatic rings. The van der Waals surface area contributed by atoms with Gasteiger partial charge in [0.25, 0.3) is 0 Å². The second-order valence-corrected chi connectivity index (χ2v) is 8.39. The van der Waals surface area contributed by atoms with E-state index in [1.807, 2.05) is 0 Å². The van der Waals surface area contributed by atoms with E-state index >= 15 is 0 Å². The van der Waals surface area contributed by atoms with Gasteiger partial charge in [-0.3, -0.25) is 4.79 Å². The van der Waals surface area contributed by atoms with Crippen molar-refractivity contribution in [1.29, 1.82) is 0 Å². The molecule has 1 amide bonds. The fraction of sp³-hybridized carbons (Fsp3) is 0.400. The number of nitrogens with one attached hydrogen (secondary N) is 1. The number of carbonyl (C=O) groups excluding carboxylic acids is 1. The summed E-state index contributed by atoms with van der Waals surface area (Å²) in [6.45, 7) is 4.95. The Balaban J connectivity index is 2.15. The highest BCUT2D eigenvalue weighted by molar-refractivity contribution is 8.00. The average molecular weight is 391 g/mol. The van der Waals surface area contributed by atoms with Crippen molar-refractivity contribution in [1.82, 2.24) is 4.31 Å². The van der Waals surface area contributed by atoms with Crippen LogP contribution in [-0.2, 0) is 19.6 Å². The van der Waals surface area contributed by atoms with Crippen molar-refractivity contribution in [2.24, 2.45) is 0 Å². The van der Waals surface area contributed by atoms with E-state index in [9.17, 15) is 13.2 Å². The number of morpholine rings is 1. The molecular formula is C15H19ClN2O4S2. The van der Waals surface area contributed by atoms with Crippen LogP contribution in [0.25, 0.3) is 0 Å². The van der Waals surface area contributed by atoms with Crippen LogP contribution >= 0.6 is 23.4 Å². The number of hydrogen-bond acceptors (Lipinski definition) is 5. The molecule has 0 spiro atoms. The maximum absolute atomic E-state index is 12.6. The number of carbonyl (C=O) groups is 1. The lowest BCUT2D eigenvalue weighted by atomic mass is 10.3. The lowest BCUT2D eigenvalue weighted by molar-refractivity contribution is -0.113. The summed E-state index contributed by atoms with van der Waals surface area (Å²) in [4.78, 5) is 12.0. The van der Waals surface area contributed by atoms with E-state index < -0.39 is 10.0 Å². The zero-order chi connectivity index (χ0) is 17.6. The van der Waals surface area contributed by atoms with Gasteiger partial charge in [-0.2, -0.15) is 4.31 Å². The Morgan fingerprint density at radius 2 is 2.12 bits per heavy atom. The maximum atomic E-state index is 12.6. The van der Waals surface area contributed by atoms with Gasteiger partial charge in [0.2, 0.25) is 15.9 Å². The summed E-state index contributed by atoms with van der Waals surface area (Å²) in [5, 5.41) is 2.94. The van der Waals surface area contributed by atoms with Crippen molar-refractivity contribution in [2.45, 2.75) is 4.90 Å². The van der Waals surface area contributed by atoms with Gasteiger partial charge in [0.15, 0.2) is 0 Å². The second-order valence-electron chi connectivity index (χ2n) is 5.01. The van der Waals surface area contributed by atoms with Crippen LogP contribution in [0.5, 0.6) is 0 Å². The number of benzene rings is 1. The normalized spacial score (nSPS) is 15.9. The van der Waals surface area contributed by atoms with Crippen LogP contribution < -0.4 is 5.32 Å². The number of sulfonamides is 1. The maximum Gasteiger partial charge on any atom is 0.243 e. The summed E-state index contributed by atoms with van der Waals surface area (Å²) in [6.07, 6.45) is 1.71. The van der Waals surface area contributed by atoms with Crippen LogP contribution in [0.2, 0.25) is 5.02 Å². The third-order valence-corrected chi connectivity index (χ3v) is 6.45. The third-order valence-electron chi connectivity index (χ3n) is 3.29. The molecule has 0 saturated carbocycles. The molecule has 9 heteroatoms. The number of amides is 1. The van der Waals surface area contributed by atoms with Gasteiger partial charge in [0.1, 0.15) is 0 Å². The van der Waals surface area contributed by atoms with Crippen LogP contribution in [-0.4, -0.2) is 56.4 Å². The highest BCUT2D eigenvalue weighted by Crippen LogP contribution is 2.27. The lowest BCUT2D eigenvalue weighted by Gasteiger charge is -2.26. The topological polar surface area (TPSA) is 75.7 Å². The standard InChI is InChI=1S/C15H19ClN2O4S2/c1-2-9-23-11-15(19)17-14-10-12(3-4-13(14)16)24(20,21)18-5-7-22-8-6-18/h2-4,10H,1,5-9,11H2,(H,17,19). The van der Waals surface area contributed by atoms with E-state index in [0.717, 1.165) is 0 Å². The third kappa shape index (κ3) is 4.97. The summed E-state index contributed by atoms with van der Waals surface area (Å²) in [5.74, 6) is 0.653. The number of halogens is 1. The highest BCUT2D eigenvalue weighted by atomic mass is 35.5. The molecule has 24 heavy (non-hydrogen) atoms. The Morgan fingerprint density at radius 3 is 2.79 bits per heavy atom. The molecule has 0 bridgehead atoms. The van der Waals surface area contributed by atoms with E-state index in [1.165, 1.54) is 34.3 Å². The fourth-order valence-corrected chi connectivity index (χ4v) is 4.26. The molecule has 6 nitrogen and oxygen atoms in total. The van der Waals surface area contributed by atoms with Crippen LogP contribution in [0.3, 0.4) is 0 Å². The second kappa shape index (κ2) is 8.87. The number of ether oxygens (including phenoxy) is 1. The number of anilines is 1. The molecule has 0 radical (unpaired) electrons. The molecule has 0 aromatic heterocycles. The van der Waals surface area contributed by atoms with E-state index in [4.69, 9.17) is 16.3 Å². The first-order chi connectivity index (χ1) is 11.4. The van der Waals surface area contributed by atoms with Gasteiger partial charge in [-0.1, -0.05) is 17.7 Å². The van der Waals surface area contributed by atoms with Gasteiger partial charge in [-0.15, -0.1) is 18.3 Å². The SMILES string of the molecule is C=CCSCC(=O)Nc1cc(S(=O)(=O)N2CCOCC2)ccc1Cl. The molecule has 1 fully saturated rings. The van der Waals surface area contributed by atoms with Crippen LogP contribution in [0, 0.1) is 0 Å². The van der Waals surface area contributed by atoms with E-state index in [2.05, 4.69) is 11.9 Å². The molecule has 1 aromatic rings. The summed E-state index contributed by atoms with van der Waals surface area (Å²) < 4.78 is 31.8. The Labute approximate surface area is 151 Å². The Morgan fingerprint density at radius 1 is 1.42 bits per heavy atom. The largest absolute Gasteiger partial charge is 0.379 e. The minimum Gasteiger partial charge on any atom is -0.379 e. The Kier molecular flexibility index (Phi) is 7.12. The number of rotatable bonds is 7. The highest BCUT2D eigenvalue weighted by Gasteiger charge is 2.27. The van der Waals surface area contributed by atoms with Crippen LogP contribution in [0.4, 0.5) is 5.69 Å². The molecule has 0 aliphatic carbocycles. The zero-order valence-electron chi connectivity index (χ0n) is 13.0. The van der Waals surface area contributed by atoms with Crippen molar-refractivity contribution in [2.75, 3.05) is 43.1 Å². The van der Waals surface area contributed by atoms with Crippen LogP contribution in [0.15, 0.2) is 35.7 Å². The summed E-state index contributed by atoms with van der Waals surface area (Å²) in [6, 6.07) is 4.31. The van der Waals surface area contributed by atoms with Crippen molar-refractivity contribution in [3.05, 3.63) is 35.9 Å². The van der Waals surface area contributed by atoms with Gasteiger partial charge in [-0.05, 0) is 18.2 Å². The quantitative estimate of drug-likeness (QED) is 0.570. The van der Waals surface area contributed by atoms with E-state index in [1.54, 1.807) is 6.08 Å². The van der Waals surface area contributed by atoms with Gasteiger partial charge < -0.3 is 10.1 Å². The molecule has 0 atom stereocenters. The molecule has 1 N–H and O–H groups in total. The monoisotopic (exact) mass is 390 g/mol. The number of hydrogen-bond donors (Lipinski definition) is 1. The molecular weight excluding hydrogens is 372 g/mol. The zero-order valence-corrected chi connectivity index (χ0v) is 15.4. The molecule has 132 valence electrons. The van der Waals surface area contributed by atoms with Crippen molar-refractivity contribution in [3.63, 3.8) is 0 Å². The first kappa shape index (κ1) is 19.3. The Hall–Kier alpha value is -1.06. The lowest BCUT2D eigenvalue weighted by Crippen LogP contribution is -2.40. The van der Waals surface area contributed by atoms with Crippen molar-refractivity contribution >= 4 is 45.0 Å². The molecule has 1 aliphatic heterocycles. The molecule has 1 aromatic carbocycles. The van der Waals surface area contributed by atoms with E-state index in [0.29, 0.717) is 32.1 Å². The van der Waals surface area contributed by atoms with Crippen molar-refractivity contribution in [3.8, 4) is 0 Å². The smallest absolute Gasteiger partial charge is 0.243 e. The first-order valence-electron chi connectivity index (χ1n) is 7.31. The van der Waals surface area contributed by atoms with E-state index in [-0.39, 0.29) is 27.3 Å². The molecule has 0 unspecified atom stereocenters. The van der Waals surface area contributed by atoms with Crippen LogP contribution in [0.1, 0.15) is 0 Å². The van der Waals surface area contributed by atoms with Gasteiger partial charge >= 0.3 is 0 Å². The van der Waals surface area contributed by atoms with Gasteiger partial charge in [-0.25, -0.2) is 8.42 Å². The predicted octanol–water partition coefficient (Wildman–Crippen LogP) is 2.22. The number of nitrogens with zero attached hydrogens (tertiary/aromatic N) is 1.